The standard InChI is InChI=1S/C20H37N7O/c1-16(2)13-17(26-9-11-28-12-10-26)14-22-20(21-3)23-15-19-25-24-18-7-5-4-6-8-27(18)19/h16-17H,4-15H2,1-3H3,(H2,21,22,23). The number of rotatable bonds is 7. The van der Waals surface area contributed by atoms with Crippen molar-refractivity contribution in [3.63, 3.8) is 0 Å². The van der Waals surface area contributed by atoms with Gasteiger partial charge < -0.3 is 19.9 Å². The maximum Gasteiger partial charge on any atom is 0.191 e. The van der Waals surface area contributed by atoms with Crippen LogP contribution in [0.2, 0.25) is 0 Å². The summed E-state index contributed by atoms with van der Waals surface area (Å²) in [5.74, 6) is 3.62. The fraction of sp³-hybridized carbons (Fsp3) is 0.850. The number of fused-ring (bicyclic) bond motifs is 1. The molecule has 3 heterocycles. The Morgan fingerprint density at radius 1 is 1.11 bits per heavy atom. The van der Waals surface area contributed by atoms with E-state index in [2.05, 4.69) is 49.1 Å². The summed E-state index contributed by atoms with van der Waals surface area (Å²) in [5, 5.41) is 15.7. The number of guanidine groups is 1. The molecule has 8 nitrogen and oxygen atoms in total. The van der Waals surface area contributed by atoms with Crippen LogP contribution in [-0.2, 0) is 24.2 Å². The van der Waals surface area contributed by atoms with Crippen LogP contribution in [0.15, 0.2) is 4.99 Å². The van der Waals surface area contributed by atoms with Crippen LogP contribution in [0.25, 0.3) is 0 Å². The van der Waals surface area contributed by atoms with Gasteiger partial charge in [0.1, 0.15) is 5.82 Å². The zero-order chi connectivity index (χ0) is 19.8. The molecule has 2 aliphatic rings. The Bertz CT molecular complexity index is 622. The third-order valence-electron chi connectivity index (χ3n) is 5.63. The molecular weight excluding hydrogens is 354 g/mol. The molecule has 1 unspecified atom stereocenters. The summed E-state index contributed by atoms with van der Waals surface area (Å²) in [6, 6.07) is 0.492. The minimum Gasteiger partial charge on any atom is -0.379 e. The summed E-state index contributed by atoms with van der Waals surface area (Å²) < 4.78 is 7.80. The smallest absolute Gasteiger partial charge is 0.191 e. The third-order valence-corrected chi connectivity index (χ3v) is 5.63. The molecule has 0 saturated carbocycles. The van der Waals surface area contributed by atoms with Gasteiger partial charge in [-0.25, -0.2) is 0 Å². The molecule has 2 aliphatic heterocycles. The molecular formula is C20H37N7O. The van der Waals surface area contributed by atoms with E-state index in [9.17, 15) is 0 Å². The van der Waals surface area contributed by atoms with Crippen molar-refractivity contribution in [2.24, 2.45) is 10.9 Å². The molecule has 0 aromatic carbocycles. The van der Waals surface area contributed by atoms with Crippen LogP contribution in [0.5, 0.6) is 0 Å². The van der Waals surface area contributed by atoms with E-state index in [1.165, 1.54) is 25.7 Å². The lowest BCUT2D eigenvalue weighted by Gasteiger charge is -2.35. The molecule has 1 aromatic heterocycles. The van der Waals surface area contributed by atoms with Crippen molar-refractivity contribution in [1.82, 2.24) is 30.3 Å². The predicted octanol–water partition coefficient (Wildman–Crippen LogP) is 1.42. The number of aryl methyl sites for hydroxylation is 1. The highest BCUT2D eigenvalue weighted by Crippen LogP contribution is 2.15. The van der Waals surface area contributed by atoms with Crippen LogP contribution in [-0.4, -0.2) is 71.6 Å². The monoisotopic (exact) mass is 391 g/mol. The molecule has 1 fully saturated rings. The van der Waals surface area contributed by atoms with Gasteiger partial charge in [-0.05, 0) is 25.2 Å². The van der Waals surface area contributed by atoms with E-state index in [1.807, 2.05) is 7.05 Å². The molecule has 0 bridgehead atoms. The molecule has 1 saturated heterocycles. The number of morpholine rings is 1. The Hall–Kier alpha value is -1.67. The van der Waals surface area contributed by atoms with Gasteiger partial charge in [0.05, 0.1) is 19.8 Å². The topological polar surface area (TPSA) is 79.6 Å². The van der Waals surface area contributed by atoms with Crippen molar-refractivity contribution in [2.45, 2.75) is 65.1 Å². The van der Waals surface area contributed by atoms with Gasteiger partial charge >= 0.3 is 0 Å². The number of aliphatic imine (C=N–C) groups is 1. The number of ether oxygens (including phenoxy) is 1. The second-order valence-electron chi connectivity index (χ2n) is 8.23. The van der Waals surface area contributed by atoms with E-state index in [0.717, 1.165) is 63.4 Å². The second kappa shape index (κ2) is 10.8. The minimum absolute atomic E-state index is 0.492. The van der Waals surface area contributed by atoms with E-state index >= 15 is 0 Å². The average molecular weight is 392 g/mol. The highest BCUT2D eigenvalue weighted by Gasteiger charge is 2.22. The molecule has 0 amide bonds. The molecule has 3 rings (SSSR count). The zero-order valence-electron chi connectivity index (χ0n) is 17.8. The van der Waals surface area contributed by atoms with Crippen LogP contribution in [0.1, 0.15) is 51.2 Å². The summed E-state index contributed by atoms with van der Waals surface area (Å²) in [4.78, 5) is 6.95. The van der Waals surface area contributed by atoms with Gasteiger partial charge in [-0.3, -0.25) is 9.89 Å². The number of aromatic nitrogens is 3. The second-order valence-corrected chi connectivity index (χ2v) is 8.23. The van der Waals surface area contributed by atoms with Crippen molar-refractivity contribution in [3.05, 3.63) is 11.6 Å². The Balaban J connectivity index is 1.52. The summed E-state index contributed by atoms with van der Waals surface area (Å²) in [6.45, 7) is 10.8. The first-order valence-corrected chi connectivity index (χ1v) is 10.8. The van der Waals surface area contributed by atoms with Gasteiger partial charge in [0.25, 0.3) is 0 Å². The number of hydrogen-bond acceptors (Lipinski definition) is 5. The van der Waals surface area contributed by atoms with Crippen LogP contribution in [0, 0.1) is 5.92 Å². The quantitative estimate of drug-likeness (QED) is 0.541. The van der Waals surface area contributed by atoms with E-state index in [4.69, 9.17) is 4.74 Å². The molecule has 1 atom stereocenters. The highest BCUT2D eigenvalue weighted by atomic mass is 16.5. The van der Waals surface area contributed by atoms with E-state index in [-0.39, 0.29) is 0 Å². The lowest BCUT2D eigenvalue weighted by atomic mass is 10.0. The maximum atomic E-state index is 5.52. The lowest BCUT2D eigenvalue weighted by molar-refractivity contribution is 0.0132. The zero-order valence-corrected chi connectivity index (χ0v) is 17.8. The molecule has 1 aromatic rings. The van der Waals surface area contributed by atoms with Gasteiger partial charge in [-0.15, -0.1) is 10.2 Å². The van der Waals surface area contributed by atoms with Crippen LogP contribution >= 0.6 is 0 Å². The Labute approximate surface area is 169 Å². The van der Waals surface area contributed by atoms with Crippen molar-refractivity contribution < 1.29 is 4.74 Å². The van der Waals surface area contributed by atoms with Crippen molar-refractivity contribution >= 4 is 5.96 Å². The minimum atomic E-state index is 0.492. The number of nitrogens with one attached hydrogen (secondary N) is 2. The van der Waals surface area contributed by atoms with E-state index < -0.39 is 0 Å². The average Bonchev–Trinajstić information content (AvgIpc) is 2.93. The fourth-order valence-corrected chi connectivity index (χ4v) is 4.12. The fourth-order valence-electron chi connectivity index (χ4n) is 4.12. The molecule has 158 valence electrons. The maximum absolute atomic E-state index is 5.52. The number of hydrogen-bond donors (Lipinski definition) is 2. The highest BCUT2D eigenvalue weighted by molar-refractivity contribution is 5.79. The Morgan fingerprint density at radius 2 is 1.93 bits per heavy atom. The van der Waals surface area contributed by atoms with E-state index in [1.54, 1.807) is 0 Å². The van der Waals surface area contributed by atoms with E-state index in [0.29, 0.717) is 18.5 Å². The van der Waals surface area contributed by atoms with Crippen molar-refractivity contribution in [2.75, 3.05) is 39.9 Å². The Morgan fingerprint density at radius 3 is 2.68 bits per heavy atom. The third kappa shape index (κ3) is 5.91. The summed E-state index contributed by atoms with van der Waals surface area (Å²) >= 11 is 0. The molecule has 8 heteroatoms. The van der Waals surface area contributed by atoms with Gasteiger partial charge in [0, 0.05) is 45.7 Å². The van der Waals surface area contributed by atoms with Gasteiger partial charge in [0.2, 0.25) is 0 Å². The van der Waals surface area contributed by atoms with Crippen molar-refractivity contribution in [3.8, 4) is 0 Å². The normalized spacial score (nSPS) is 19.9. The molecule has 0 spiro atoms. The van der Waals surface area contributed by atoms with Crippen LogP contribution in [0.4, 0.5) is 0 Å². The Kier molecular flexibility index (Phi) is 8.09. The summed E-state index contributed by atoms with van der Waals surface area (Å²) in [6.07, 6.45) is 5.91. The first kappa shape index (κ1) is 21.0. The van der Waals surface area contributed by atoms with Crippen molar-refractivity contribution in [1.29, 1.82) is 0 Å². The largest absolute Gasteiger partial charge is 0.379 e. The van der Waals surface area contributed by atoms with Crippen LogP contribution in [0.3, 0.4) is 0 Å². The lowest BCUT2D eigenvalue weighted by Crippen LogP contribution is -2.51. The van der Waals surface area contributed by atoms with Crippen LogP contribution < -0.4 is 10.6 Å². The molecule has 0 radical (unpaired) electrons. The van der Waals surface area contributed by atoms with Gasteiger partial charge in [-0.1, -0.05) is 20.3 Å². The SMILES string of the molecule is CN=C(NCc1nnc2n1CCCCC2)NCC(CC(C)C)N1CCOCC1. The summed E-state index contributed by atoms with van der Waals surface area (Å²) in [7, 11) is 1.83. The molecule has 2 N–H and O–H groups in total. The molecule has 0 aliphatic carbocycles. The van der Waals surface area contributed by atoms with Gasteiger partial charge in [-0.2, -0.15) is 0 Å². The first-order valence-electron chi connectivity index (χ1n) is 10.8. The predicted molar refractivity (Wildman–Crippen MR) is 111 cm³/mol. The molecule has 28 heavy (non-hydrogen) atoms. The van der Waals surface area contributed by atoms with Gasteiger partial charge in [0.15, 0.2) is 11.8 Å². The summed E-state index contributed by atoms with van der Waals surface area (Å²) in [5.41, 5.74) is 0. The first-order chi connectivity index (χ1) is 13.7. The number of nitrogens with zero attached hydrogens (tertiary/aromatic N) is 5.